The van der Waals surface area contributed by atoms with E-state index in [0.717, 1.165) is 0 Å². The van der Waals surface area contributed by atoms with E-state index in [-0.39, 0.29) is 12.2 Å². The summed E-state index contributed by atoms with van der Waals surface area (Å²) in [6.07, 6.45) is -2.17. The van der Waals surface area contributed by atoms with Gasteiger partial charge < -0.3 is 14.6 Å². The molecule has 0 aromatic heterocycles. The van der Waals surface area contributed by atoms with Gasteiger partial charge in [0.05, 0.1) is 13.7 Å². The van der Waals surface area contributed by atoms with Gasteiger partial charge in [0.15, 0.2) is 0 Å². The number of aliphatic hydroxyl groups is 1. The summed E-state index contributed by atoms with van der Waals surface area (Å²) in [6.45, 7) is 2.84. The fraction of sp³-hybridized carbons (Fsp3) is 0.462. The second-order valence-corrected chi connectivity index (χ2v) is 3.96. The Kier molecular flexibility index (Phi) is 4.67. The molecule has 4 nitrogen and oxygen atoms in total. The summed E-state index contributed by atoms with van der Waals surface area (Å²) in [6, 6.07) is 6.41. The zero-order chi connectivity index (χ0) is 13.8. The van der Waals surface area contributed by atoms with Crippen LogP contribution in [-0.4, -0.2) is 31.0 Å². The van der Waals surface area contributed by atoms with Gasteiger partial charge in [0, 0.05) is 5.56 Å². The smallest absolute Gasteiger partial charge is 0.344 e. The Morgan fingerprint density at radius 1 is 1.50 bits per heavy atom. The molecule has 1 aromatic rings. The molecule has 0 spiro atoms. The summed E-state index contributed by atoms with van der Waals surface area (Å²) in [7, 11) is 1.41. The van der Waals surface area contributed by atoms with Crippen molar-refractivity contribution in [2.75, 3.05) is 13.7 Å². The molecule has 0 fully saturated rings. The van der Waals surface area contributed by atoms with Gasteiger partial charge in [-0.05, 0) is 19.9 Å². The SMILES string of the molecule is CCOC(=O)[C@@H](F)[C@@](C)(O)c1ccccc1OC. The molecule has 0 aliphatic rings. The second kappa shape index (κ2) is 5.82. The van der Waals surface area contributed by atoms with Crippen molar-refractivity contribution >= 4 is 5.97 Å². The predicted molar refractivity (Wildman–Crippen MR) is 64.1 cm³/mol. The van der Waals surface area contributed by atoms with E-state index >= 15 is 0 Å². The standard InChI is InChI=1S/C13H17FO4/c1-4-18-12(15)11(14)13(2,16)9-7-5-6-8-10(9)17-3/h5-8,11,16H,4H2,1-3H3/t11-,13+/m1/s1. The molecule has 0 aliphatic heterocycles. The number of esters is 1. The van der Waals surface area contributed by atoms with Gasteiger partial charge in [-0.25, -0.2) is 9.18 Å². The van der Waals surface area contributed by atoms with Crippen LogP contribution in [0.1, 0.15) is 19.4 Å². The van der Waals surface area contributed by atoms with Crippen molar-refractivity contribution in [3.63, 3.8) is 0 Å². The number of hydrogen-bond acceptors (Lipinski definition) is 4. The third-order valence-electron chi connectivity index (χ3n) is 2.64. The van der Waals surface area contributed by atoms with Crippen molar-refractivity contribution in [1.29, 1.82) is 0 Å². The number of carbonyl (C=O) groups is 1. The van der Waals surface area contributed by atoms with Crippen molar-refractivity contribution < 1.29 is 23.8 Å². The molecule has 0 aliphatic carbocycles. The Morgan fingerprint density at radius 3 is 2.67 bits per heavy atom. The predicted octanol–water partition coefficient (Wildman–Crippen LogP) is 1.80. The Labute approximate surface area is 105 Å². The van der Waals surface area contributed by atoms with E-state index in [4.69, 9.17) is 4.74 Å². The molecule has 1 aromatic carbocycles. The molecule has 0 unspecified atom stereocenters. The molecule has 0 bridgehead atoms. The molecule has 100 valence electrons. The number of carbonyl (C=O) groups excluding carboxylic acids is 1. The number of alkyl halides is 1. The second-order valence-electron chi connectivity index (χ2n) is 3.96. The lowest BCUT2D eigenvalue weighted by atomic mass is 9.90. The van der Waals surface area contributed by atoms with Gasteiger partial charge in [-0.2, -0.15) is 0 Å². The molecule has 0 saturated heterocycles. The van der Waals surface area contributed by atoms with Crippen LogP contribution in [0.4, 0.5) is 4.39 Å². The van der Waals surface area contributed by atoms with Crippen LogP contribution < -0.4 is 4.74 Å². The minimum Gasteiger partial charge on any atom is -0.496 e. The zero-order valence-electron chi connectivity index (χ0n) is 10.6. The monoisotopic (exact) mass is 256 g/mol. The molecule has 1 N–H and O–H groups in total. The number of rotatable bonds is 5. The molecule has 5 heteroatoms. The maximum Gasteiger partial charge on any atom is 0.344 e. The van der Waals surface area contributed by atoms with E-state index in [0.29, 0.717) is 5.75 Å². The first-order chi connectivity index (χ1) is 8.45. The zero-order valence-corrected chi connectivity index (χ0v) is 10.6. The average Bonchev–Trinajstić information content (AvgIpc) is 2.38. The van der Waals surface area contributed by atoms with E-state index in [2.05, 4.69) is 4.74 Å². The Balaban J connectivity index is 3.08. The van der Waals surface area contributed by atoms with Crippen LogP contribution in [0.3, 0.4) is 0 Å². The number of methoxy groups -OCH3 is 1. The van der Waals surface area contributed by atoms with Crippen LogP contribution in [0.25, 0.3) is 0 Å². The number of ether oxygens (including phenoxy) is 2. The lowest BCUT2D eigenvalue weighted by molar-refractivity contribution is -0.160. The van der Waals surface area contributed by atoms with E-state index in [9.17, 15) is 14.3 Å². The van der Waals surface area contributed by atoms with Crippen molar-refractivity contribution in [3.8, 4) is 5.75 Å². The highest BCUT2D eigenvalue weighted by atomic mass is 19.1. The van der Waals surface area contributed by atoms with Crippen LogP contribution >= 0.6 is 0 Å². The van der Waals surface area contributed by atoms with E-state index in [1.165, 1.54) is 20.1 Å². The molecule has 0 amide bonds. The summed E-state index contributed by atoms with van der Waals surface area (Å²) < 4.78 is 23.6. The quantitative estimate of drug-likeness (QED) is 0.816. The highest BCUT2D eigenvalue weighted by Crippen LogP contribution is 2.34. The first-order valence-electron chi connectivity index (χ1n) is 5.61. The summed E-state index contributed by atoms with van der Waals surface area (Å²) >= 11 is 0. The first-order valence-corrected chi connectivity index (χ1v) is 5.61. The third-order valence-corrected chi connectivity index (χ3v) is 2.64. The molecular weight excluding hydrogens is 239 g/mol. The molecule has 18 heavy (non-hydrogen) atoms. The molecular formula is C13H17FO4. The van der Waals surface area contributed by atoms with Crippen molar-refractivity contribution in [3.05, 3.63) is 29.8 Å². The van der Waals surface area contributed by atoms with Crippen LogP contribution in [0.2, 0.25) is 0 Å². The highest BCUT2D eigenvalue weighted by molar-refractivity contribution is 5.76. The lowest BCUT2D eigenvalue weighted by Gasteiger charge is -2.27. The highest BCUT2D eigenvalue weighted by Gasteiger charge is 2.42. The number of hydrogen-bond donors (Lipinski definition) is 1. The van der Waals surface area contributed by atoms with Gasteiger partial charge in [0.2, 0.25) is 6.17 Å². The fourth-order valence-electron chi connectivity index (χ4n) is 1.64. The van der Waals surface area contributed by atoms with Gasteiger partial charge in [0.1, 0.15) is 11.4 Å². The van der Waals surface area contributed by atoms with Crippen molar-refractivity contribution in [1.82, 2.24) is 0 Å². The third kappa shape index (κ3) is 2.79. The van der Waals surface area contributed by atoms with E-state index in [1.807, 2.05) is 0 Å². The van der Waals surface area contributed by atoms with Crippen molar-refractivity contribution in [2.24, 2.45) is 0 Å². The Morgan fingerprint density at radius 2 is 2.11 bits per heavy atom. The Bertz CT molecular complexity index is 417. The van der Waals surface area contributed by atoms with Crippen LogP contribution in [0, 0.1) is 0 Å². The number of benzene rings is 1. The number of halogens is 1. The average molecular weight is 256 g/mol. The van der Waals surface area contributed by atoms with E-state index < -0.39 is 17.7 Å². The lowest BCUT2D eigenvalue weighted by Crippen LogP contribution is -2.40. The van der Waals surface area contributed by atoms with Gasteiger partial charge in [0.25, 0.3) is 0 Å². The van der Waals surface area contributed by atoms with Crippen LogP contribution in [-0.2, 0) is 15.1 Å². The first kappa shape index (κ1) is 14.4. The molecule has 0 saturated carbocycles. The van der Waals surface area contributed by atoms with Crippen molar-refractivity contribution in [2.45, 2.75) is 25.6 Å². The van der Waals surface area contributed by atoms with Gasteiger partial charge >= 0.3 is 5.97 Å². The van der Waals surface area contributed by atoms with E-state index in [1.54, 1.807) is 25.1 Å². The fourth-order valence-corrected chi connectivity index (χ4v) is 1.64. The van der Waals surface area contributed by atoms with Crippen LogP contribution in [0.5, 0.6) is 5.75 Å². The largest absolute Gasteiger partial charge is 0.496 e. The van der Waals surface area contributed by atoms with Gasteiger partial charge in [-0.15, -0.1) is 0 Å². The normalized spacial score (nSPS) is 15.6. The van der Waals surface area contributed by atoms with Gasteiger partial charge in [-0.3, -0.25) is 0 Å². The van der Waals surface area contributed by atoms with Gasteiger partial charge in [-0.1, -0.05) is 18.2 Å². The molecule has 2 atom stereocenters. The maximum atomic E-state index is 14.0. The summed E-state index contributed by atoms with van der Waals surface area (Å²) in [5.74, 6) is -0.775. The molecule has 1 rings (SSSR count). The minimum absolute atomic E-state index is 0.0568. The topological polar surface area (TPSA) is 55.8 Å². The summed E-state index contributed by atoms with van der Waals surface area (Å²) in [4.78, 5) is 11.4. The minimum atomic E-state index is -2.17. The van der Waals surface area contributed by atoms with Crippen LogP contribution in [0.15, 0.2) is 24.3 Å². The molecule has 0 heterocycles. The summed E-state index contributed by atoms with van der Waals surface area (Å²) in [5, 5.41) is 10.2. The maximum absolute atomic E-state index is 14.0. The Hall–Kier alpha value is -1.62. The summed E-state index contributed by atoms with van der Waals surface area (Å²) in [5.41, 5.74) is -1.80. The molecule has 0 radical (unpaired) electrons. The number of para-hydroxylation sites is 1.